The maximum Gasteiger partial charge on any atom is 1.00 e. The number of aliphatic hydroxyl groups is 3. The van der Waals surface area contributed by atoms with Crippen LogP contribution in [0.1, 0.15) is 84.0 Å². The molecule has 25 nitrogen and oxygen atoms in total. The van der Waals surface area contributed by atoms with Crippen molar-refractivity contribution in [3.8, 4) is 0 Å². The summed E-state index contributed by atoms with van der Waals surface area (Å²) < 4.78 is 43.5. The summed E-state index contributed by atoms with van der Waals surface area (Å²) in [5.41, 5.74) is 18.2. The van der Waals surface area contributed by atoms with Crippen LogP contribution in [0.2, 0.25) is 15.1 Å². The van der Waals surface area contributed by atoms with Crippen molar-refractivity contribution < 1.29 is 186 Å². The number of hydrogen-bond acceptors (Lipinski definition) is 17. The van der Waals surface area contributed by atoms with Crippen molar-refractivity contribution in [2.45, 2.75) is 114 Å². The number of ketones is 1. The molecule has 502 valence electrons. The minimum absolute atomic E-state index is 0. The Labute approximate surface area is 649 Å². The number of rotatable bonds is 21. The Kier molecular flexibility index (Phi) is 37.9. The van der Waals surface area contributed by atoms with Crippen LogP contribution in [0.15, 0.2) is 103 Å². The van der Waals surface area contributed by atoms with E-state index < -0.39 is 53.2 Å². The third-order valence-corrected chi connectivity index (χ3v) is 15.4. The van der Waals surface area contributed by atoms with Crippen LogP contribution < -0.4 is 141 Å². The zero-order valence-corrected chi connectivity index (χ0v) is 60.7. The summed E-state index contributed by atoms with van der Waals surface area (Å²) in [7, 11) is 0. The Morgan fingerprint density at radius 2 is 1.07 bits per heavy atom. The number of aromatic nitrogens is 4. The number of carboxylic acid groups (broad SMARTS) is 1. The second kappa shape index (κ2) is 42.7. The van der Waals surface area contributed by atoms with E-state index in [-0.39, 0.29) is 230 Å². The van der Waals surface area contributed by atoms with Gasteiger partial charge in [-0.25, -0.2) is 13.2 Å². The fraction of sp³-hybridized carbons (Fsp3) is 0.344. The molecule has 2 aromatic heterocycles. The third kappa shape index (κ3) is 27.0. The first-order valence-electron chi connectivity index (χ1n) is 28.4. The predicted molar refractivity (Wildman–Crippen MR) is 335 cm³/mol. The van der Waals surface area contributed by atoms with E-state index in [4.69, 9.17) is 89.0 Å². The monoisotopic (exact) mass is 1450 g/mol. The maximum atomic E-state index is 14.1. The third-order valence-electron chi connectivity index (χ3n) is 14.2. The van der Waals surface area contributed by atoms with Gasteiger partial charge in [-0.15, -0.1) is 11.6 Å². The summed E-state index contributed by atoms with van der Waals surface area (Å²) in [6.45, 7) is -0.795. The molecule has 3 saturated carbocycles. The van der Waals surface area contributed by atoms with Gasteiger partial charge in [0.05, 0.1) is 63.4 Å². The normalized spacial score (nSPS) is 16.9. The number of aliphatic carboxylic acids is 1. The Hall–Kier alpha value is -5.02. The predicted octanol–water partition coefficient (Wildman–Crippen LogP) is -1.73. The van der Waals surface area contributed by atoms with Gasteiger partial charge < -0.3 is 70.0 Å². The number of nitrogens with two attached hydrogens (primary N) is 3. The summed E-state index contributed by atoms with van der Waals surface area (Å²) in [5.74, 6) is -5.19. The van der Waals surface area contributed by atoms with Gasteiger partial charge in [0.2, 0.25) is 17.7 Å². The molecule has 10 rings (SSSR count). The smallest absolute Gasteiger partial charge is 1.00 e. The Balaban J connectivity index is 0.000000433. The van der Waals surface area contributed by atoms with Gasteiger partial charge in [-0.05, 0) is 80.8 Å². The number of nitrogens with zero attached hydrogens (tertiary/aromatic N) is 5. The molecule has 0 unspecified atom stereocenters. The topological polar surface area (TPSA) is 403 Å². The molecule has 0 saturated heterocycles. The standard InChI is InChI=1S/C23H23ClFN5O4.C13H16ClFN2O2.C10H9Cl2FO.C10H9N3O3.C4H9NO.CH2O3.2K.H/c24-17-6-3-4-13(21(17)25)10-27-19(32)11-29(14-8-15(31)9-14)20(33)12-30-18-7-2-1-5-16(18)22(28-30)23(26)34;14-11-3-1-2-8(13(11)15)6-17-12(19)7-16-9-4-10(18)5-9;11-6-8(14)5-4-7-2-1-3-9(12)10(7)13;11-10(16)9-6-3-1-2-4-7(6)13(12-9)5-8(14)15;5-3-1-4(6)2-3;2-1-4-3;;;/h1-7,14-15,31H,8-12H2,(H2,26,34)(H,27,32);1-3,9-10,16,18H,4-7H2,(H,17,19);1-3H,4-6H2;1-4H,5H2,(H2,11,16)(H,14,15);3-4,6H,1-2,5H2;1,3H;;;/q;;;;;;2*+1;-1/p-1. The van der Waals surface area contributed by atoms with Gasteiger partial charge in [0.25, 0.3) is 18.3 Å². The van der Waals surface area contributed by atoms with Crippen LogP contribution >= 0.6 is 46.4 Å². The molecule has 7 aromatic rings. The summed E-state index contributed by atoms with van der Waals surface area (Å²) in [6, 6.07) is 27.8. The molecule has 5 aromatic carbocycles. The van der Waals surface area contributed by atoms with Gasteiger partial charge in [0, 0.05) is 59.5 Å². The molecule has 34 heteroatoms. The van der Waals surface area contributed by atoms with E-state index in [1.165, 1.54) is 38.5 Å². The van der Waals surface area contributed by atoms with E-state index in [2.05, 4.69) is 31.0 Å². The Morgan fingerprint density at radius 3 is 1.47 bits per heavy atom. The van der Waals surface area contributed by atoms with Crippen LogP contribution in [0.4, 0.5) is 13.2 Å². The number of hydrogen-bond donors (Lipinski definition) is 10. The number of primary amides is 2. The largest absolute Gasteiger partial charge is 1.00 e. The first kappa shape index (κ1) is 84.2. The Bertz CT molecular complexity index is 3740. The van der Waals surface area contributed by atoms with E-state index in [1.54, 1.807) is 78.9 Å². The second-order valence-corrected chi connectivity index (χ2v) is 22.6. The fourth-order valence-corrected chi connectivity index (χ4v) is 9.89. The molecule has 0 bridgehead atoms. The first-order valence-corrected chi connectivity index (χ1v) is 30.1. The van der Waals surface area contributed by atoms with E-state index >= 15 is 0 Å². The molecule has 3 aliphatic carbocycles. The van der Waals surface area contributed by atoms with Gasteiger partial charge >= 0.3 is 109 Å². The van der Waals surface area contributed by atoms with Crippen molar-refractivity contribution in [2.24, 2.45) is 17.2 Å². The van der Waals surface area contributed by atoms with Gasteiger partial charge in [0.1, 0.15) is 36.3 Å². The summed E-state index contributed by atoms with van der Waals surface area (Å²) in [4.78, 5) is 94.4. The van der Waals surface area contributed by atoms with Crippen molar-refractivity contribution in [1.82, 2.24) is 40.4 Å². The zero-order chi connectivity index (χ0) is 68.5. The molecule has 95 heavy (non-hydrogen) atoms. The molecule has 0 spiro atoms. The molecule has 5 amide bonds. The van der Waals surface area contributed by atoms with Gasteiger partial charge in [-0.3, -0.25) is 47.7 Å². The van der Waals surface area contributed by atoms with Crippen LogP contribution in [0.3, 0.4) is 0 Å². The average Bonchev–Trinajstić information content (AvgIpc) is 1.63. The molecular formula is C61H68Cl4F3K2N11O14. The van der Waals surface area contributed by atoms with Crippen molar-refractivity contribution in [1.29, 1.82) is 0 Å². The summed E-state index contributed by atoms with van der Waals surface area (Å²) >= 11 is 22.3. The van der Waals surface area contributed by atoms with E-state index in [1.807, 2.05) is 0 Å². The minimum atomic E-state index is -1.02. The molecule has 3 fully saturated rings. The van der Waals surface area contributed by atoms with E-state index in [0.29, 0.717) is 71.1 Å². The minimum Gasteiger partial charge on any atom is -1.00 e. The van der Waals surface area contributed by atoms with Gasteiger partial charge in [-0.1, -0.05) is 108 Å². The number of Topliss-reactive ketones (excluding diaryl/α,β-unsaturated/α-hetero) is 1. The molecular weight excluding hydrogens is 1390 g/mol. The second-order valence-electron chi connectivity index (χ2n) is 21.1. The van der Waals surface area contributed by atoms with Crippen LogP contribution in [0.5, 0.6) is 0 Å². The molecule has 0 atom stereocenters. The van der Waals surface area contributed by atoms with Gasteiger partial charge in [0.15, 0.2) is 11.4 Å². The fourth-order valence-electron chi connectivity index (χ4n) is 9.18. The molecule has 3 aliphatic rings. The first-order chi connectivity index (χ1) is 44.2. The molecule has 2 heterocycles. The number of benzene rings is 5. The SMILES string of the molecule is NC(=O)c1nn(CC(=O)N(CC(=O)NCc2cccc(Cl)c2F)C2CC(O)C2)c2ccccc12.NC(=O)c1nn(CC(=O)O)c2ccccc12.NC1CC(O)C1.O=C(CCl)CCc1cccc(Cl)c1F.O=C(CNC1CC(O)C1)NCc1cccc(Cl)c1F.O=CO[O-].[H-].[K+].[K+]. The Morgan fingerprint density at radius 1 is 0.653 bits per heavy atom. The number of halogens is 7. The van der Waals surface area contributed by atoms with Crippen LogP contribution in [0, 0.1) is 17.5 Å². The summed E-state index contributed by atoms with van der Waals surface area (Å²) in [6.07, 6.45) is 3.37. The van der Waals surface area contributed by atoms with Crippen molar-refractivity contribution in [2.75, 3.05) is 19.0 Å². The number of fused-ring (bicyclic) bond motifs is 2. The number of amides is 5. The number of alkyl halides is 1. The summed E-state index contributed by atoms with van der Waals surface area (Å²) in [5, 5.41) is 62.0. The van der Waals surface area contributed by atoms with Crippen LogP contribution in [-0.2, 0) is 66.3 Å². The maximum absolute atomic E-state index is 14.1. The zero-order valence-electron chi connectivity index (χ0n) is 52.4. The van der Waals surface area contributed by atoms with Crippen LogP contribution in [-0.4, -0.2) is 148 Å². The van der Waals surface area contributed by atoms with Crippen molar-refractivity contribution in [3.05, 3.63) is 164 Å². The van der Waals surface area contributed by atoms with Crippen molar-refractivity contribution in [3.63, 3.8) is 0 Å². The molecule has 0 radical (unpaired) electrons. The number of aliphatic hydroxyl groups excluding tert-OH is 3. The van der Waals surface area contributed by atoms with E-state index in [0.717, 1.165) is 12.8 Å². The van der Waals surface area contributed by atoms with Crippen LogP contribution in [0.25, 0.3) is 21.8 Å². The molecule has 13 N–H and O–H groups in total. The number of carbonyl (C=O) groups is 8. The molecule has 0 aliphatic heterocycles. The quantitative estimate of drug-likeness (QED) is 0.0126. The number of nitrogens with one attached hydrogen (secondary N) is 3. The van der Waals surface area contributed by atoms with E-state index in [9.17, 15) is 51.8 Å². The number of carboxylic acids is 1. The van der Waals surface area contributed by atoms with Crippen molar-refractivity contribution >= 4 is 116 Å². The average molecular weight is 1460 g/mol. The number of aryl methyl sites for hydroxylation is 1. The number of para-hydroxylation sites is 2. The number of carbonyl (C=O) groups excluding carboxylic acids is 7. The van der Waals surface area contributed by atoms with Gasteiger partial charge in [-0.2, -0.15) is 10.2 Å².